The van der Waals surface area contributed by atoms with Gasteiger partial charge in [0.1, 0.15) is 0 Å². The number of aromatic hydroxyl groups is 1. The zero-order chi connectivity index (χ0) is 29.1. The molecule has 1 aliphatic heterocycles. The van der Waals surface area contributed by atoms with E-state index < -0.39 is 5.97 Å². The van der Waals surface area contributed by atoms with Crippen LogP contribution in [-0.2, 0) is 4.79 Å². The lowest BCUT2D eigenvalue weighted by atomic mass is 9.98. The van der Waals surface area contributed by atoms with Gasteiger partial charge in [0.2, 0.25) is 5.91 Å². The monoisotopic (exact) mass is 553 g/mol. The average molecular weight is 554 g/mol. The van der Waals surface area contributed by atoms with Crippen LogP contribution in [0.2, 0.25) is 0 Å². The molecule has 2 heterocycles. The molecule has 41 heavy (non-hydrogen) atoms. The van der Waals surface area contributed by atoms with Crippen LogP contribution in [-0.4, -0.2) is 88.3 Å². The molecule has 5 rings (SSSR count). The van der Waals surface area contributed by atoms with E-state index in [0.717, 1.165) is 18.7 Å². The minimum Gasteiger partial charge on any atom is -0.494 e. The molecule has 1 aliphatic rings. The minimum atomic E-state index is -1.05. The second kappa shape index (κ2) is 11.6. The Hall–Kier alpha value is -4.96. The molecule has 0 spiro atoms. The number of hydrogen-bond donors (Lipinski definition) is 4. The predicted octanol–water partition coefficient (Wildman–Crippen LogP) is 3.55. The summed E-state index contributed by atoms with van der Waals surface area (Å²) >= 11 is 0. The van der Waals surface area contributed by atoms with Crippen LogP contribution in [0.4, 0.5) is 5.69 Å². The number of carbonyl (C=O) groups is 3. The Labute approximate surface area is 236 Å². The van der Waals surface area contributed by atoms with Crippen molar-refractivity contribution in [2.75, 3.05) is 39.8 Å². The van der Waals surface area contributed by atoms with Gasteiger partial charge in [0.15, 0.2) is 5.88 Å². The normalized spacial score (nSPS) is 14.3. The molecule has 0 saturated carbocycles. The predicted molar refractivity (Wildman–Crippen MR) is 156 cm³/mol. The second-order valence-electron chi connectivity index (χ2n) is 10.1. The zero-order valence-electron chi connectivity index (χ0n) is 22.8. The van der Waals surface area contributed by atoms with Crippen LogP contribution >= 0.6 is 0 Å². The number of carboxylic acids is 1. The minimum absolute atomic E-state index is 0.0660. The topological polar surface area (TPSA) is 138 Å². The summed E-state index contributed by atoms with van der Waals surface area (Å²) < 4.78 is 0. The van der Waals surface area contributed by atoms with Gasteiger partial charge in [-0.25, -0.2) is 9.79 Å². The molecule has 0 bridgehead atoms. The molecule has 210 valence electrons. The first-order valence-corrected chi connectivity index (χ1v) is 13.3. The number of carbonyl (C=O) groups excluding carboxylic acids is 2. The summed E-state index contributed by atoms with van der Waals surface area (Å²) in [5.74, 6) is -1.65. The fourth-order valence-electron chi connectivity index (χ4n) is 4.91. The molecule has 4 aromatic rings. The van der Waals surface area contributed by atoms with E-state index in [0.29, 0.717) is 52.1 Å². The number of carboxylic acid groups (broad SMARTS) is 1. The van der Waals surface area contributed by atoms with Crippen LogP contribution < -0.4 is 5.32 Å². The average Bonchev–Trinajstić information content (AvgIpc) is 3.29. The highest BCUT2D eigenvalue weighted by Gasteiger charge is 2.22. The molecular weight excluding hydrogens is 522 g/mol. The number of amides is 2. The largest absolute Gasteiger partial charge is 0.494 e. The van der Waals surface area contributed by atoms with E-state index in [2.05, 4.69) is 15.2 Å². The molecule has 0 unspecified atom stereocenters. The number of aromatic carboxylic acids is 1. The summed E-state index contributed by atoms with van der Waals surface area (Å²) in [5.41, 5.74) is 3.77. The first-order chi connectivity index (χ1) is 19.7. The van der Waals surface area contributed by atoms with Crippen LogP contribution in [0.25, 0.3) is 10.9 Å². The fraction of sp³-hybridized carbons (Fsp3) is 0.226. The van der Waals surface area contributed by atoms with E-state index in [4.69, 9.17) is 4.99 Å². The van der Waals surface area contributed by atoms with Gasteiger partial charge in [-0.2, -0.15) is 0 Å². The molecule has 0 aliphatic carbocycles. The van der Waals surface area contributed by atoms with E-state index in [1.807, 2.05) is 37.4 Å². The first kappa shape index (κ1) is 27.6. The van der Waals surface area contributed by atoms with Crippen molar-refractivity contribution >= 4 is 40.1 Å². The van der Waals surface area contributed by atoms with Crippen molar-refractivity contribution in [1.29, 1.82) is 0 Å². The SMILES string of the molecule is Cc1cc2c(C(=Nc3ccc(C(=O)NCC(=O)N4CCN(C)CC4)cc3)c3ccccc3)c(O)[nH]c2cc1C(=O)O. The summed E-state index contributed by atoms with van der Waals surface area (Å²) in [6.07, 6.45) is 0. The molecule has 2 amide bonds. The molecule has 0 atom stereocenters. The summed E-state index contributed by atoms with van der Waals surface area (Å²) in [6, 6.07) is 19.2. The Balaban J connectivity index is 1.41. The molecule has 10 nitrogen and oxygen atoms in total. The van der Waals surface area contributed by atoms with Crippen LogP contribution in [0.5, 0.6) is 5.88 Å². The Morgan fingerprint density at radius 2 is 1.63 bits per heavy atom. The number of nitrogens with one attached hydrogen (secondary N) is 2. The zero-order valence-corrected chi connectivity index (χ0v) is 22.8. The van der Waals surface area contributed by atoms with Gasteiger partial charge in [-0.3, -0.25) is 9.59 Å². The Morgan fingerprint density at radius 1 is 0.951 bits per heavy atom. The summed E-state index contributed by atoms with van der Waals surface area (Å²) in [7, 11) is 2.01. The van der Waals surface area contributed by atoms with Gasteiger partial charge >= 0.3 is 5.97 Å². The van der Waals surface area contributed by atoms with Crippen molar-refractivity contribution in [1.82, 2.24) is 20.1 Å². The van der Waals surface area contributed by atoms with Gasteiger partial charge in [-0.05, 0) is 55.9 Å². The first-order valence-electron chi connectivity index (χ1n) is 13.3. The molecule has 1 fully saturated rings. The van der Waals surface area contributed by atoms with Crippen LogP contribution in [0.1, 0.15) is 37.4 Å². The van der Waals surface area contributed by atoms with Crippen LogP contribution in [0.3, 0.4) is 0 Å². The van der Waals surface area contributed by atoms with Crippen molar-refractivity contribution in [3.05, 3.63) is 94.5 Å². The number of H-pyrrole nitrogens is 1. The van der Waals surface area contributed by atoms with Crippen molar-refractivity contribution in [2.45, 2.75) is 6.92 Å². The number of benzene rings is 3. The summed E-state index contributed by atoms with van der Waals surface area (Å²) in [5, 5.41) is 23.8. The third-order valence-corrected chi connectivity index (χ3v) is 7.26. The maximum Gasteiger partial charge on any atom is 0.336 e. The van der Waals surface area contributed by atoms with Gasteiger partial charge in [0, 0.05) is 48.2 Å². The maximum atomic E-state index is 12.7. The Morgan fingerprint density at radius 3 is 2.29 bits per heavy atom. The smallest absolute Gasteiger partial charge is 0.336 e. The van der Waals surface area contributed by atoms with Gasteiger partial charge in [-0.15, -0.1) is 0 Å². The molecule has 3 aromatic carbocycles. The van der Waals surface area contributed by atoms with Crippen molar-refractivity contribution < 1.29 is 24.6 Å². The van der Waals surface area contributed by atoms with E-state index in [1.54, 1.807) is 42.2 Å². The number of aryl methyl sites for hydroxylation is 1. The number of likely N-dealkylation sites (N-methyl/N-ethyl adjacent to an activating group) is 1. The number of aliphatic imine (C=N–C) groups is 1. The van der Waals surface area contributed by atoms with Crippen LogP contribution in [0, 0.1) is 6.92 Å². The highest BCUT2D eigenvalue weighted by atomic mass is 16.4. The van der Waals surface area contributed by atoms with E-state index >= 15 is 0 Å². The second-order valence-corrected chi connectivity index (χ2v) is 10.1. The lowest BCUT2D eigenvalue weighted by Crippen LogP contribution is -2.50. The van der Waals surface area contributed by atoms with E-state index in [-0.39, 0.29) is 29.8 Å². The number of piperazine rings is 1. The van der Waals surface area contributed by atoms with Crippen molar-refractivity contribution in [3.63, 3.8) is 0 Å². The number of rotatable bonds is 7. The molecular formula is C31H31N5O5. The Bertz CT molecular complexity index is 1640. The standard InChI is InChI=1S/C31H31N5O5/c1-19-16-24-25(17-23(19)31(40)41)34-30(39)27(24)28(20-6-4-3-5-7-20)33-22-10-8-21(9-11-22)29(38)32-18-26(37)36-14-12-35(2)13-15-36/h3-11,16-17,34,39H,12-15,18H2,1-2H3,(H,32,38)(H,40,41). The highest BCUT2D eigenvalue weighted by molar-refractivity contribution is 6.22. The lowest BCUT2D eigenvalue weighted by Gasteiger charge is -2.32. The van der Waals surface area contributed by atoms with E-state index in [9.17, 15) is 24.6 Å². The molecule has 0 radical (unpaired) electrons. The third-order valence-electron chi connectivity index (χ3n) is 7.26. The van der Waals surface area contributed by atoms with Gasteiger partial charge in [0.25, 0.3) is 5.91 Å². The molecule has 1 aromatic heterocycles. The van der Waals surface area contributed by atoms with Gasteiger partial charge in [0.05, 0.1) is 29.1 Å². The Kier molecular flexibility index (Phi) is 7.84. The number of nitrogens with zero attached hydrogens (tertiary/aromatic N) is 3. The summed E-state index contributed by atoms with van der Waals surface area (Å²) in [4.78, 5) is 48.5. The van der Waals surface area contributed by atoms with E-state index in [1.165, 1.54) is 6.07 Å². The number of hydrogen-bond acceptors (Lipinski definition) is 6. The lowest BCUT2D eigenvalue weighted by molar-refractivity contribution is -0.131. The molecule has 1 saturated heterocycles. The van der Waals surface area contributed by atoms with Crippen LogP contribution in [0.15, 0.2) is 71.7 Å². The maximum absolute atomic E-state index is 12.7. The number of aromatic amines is 1. The fourth-order valence-corrected chi connectivity index (χ4v) is 4.91. The number of fused-ring (bicyclic) bond motifs is 1. The van der Waals surface area contributed by atoms with Gasteiger partial charge in [-0.1, -0.05) is 30.3 Å². The molecule has 10 heteroatoms. The third kappa shape index (κ3) is 5.97. The summed E-state index contributed by atoms with van der Waals surface area (Å²) in [6.45, 7) is 4.56. The quantitative estimate of drug-likeness (QED) is 0.258. The number of aromatic nitrogens is 1. The van der Waals surface area contributed by atoms with Gasteiger partial charge < -0.3 is 30.3 Å². The highest BCUT2D eigenvalue weighted by Crippen LogP contribution is 2.33. The van der Waals surface area contributed by atoms with Crippen molar-refractivity contribution in [2.24, 2.45) is 4.99 Å². The molecule has 4 N–H and O–H groups in total. The van der Waals surface area contributed by atoms with Crippen molar-refractivity contribution in [3.8, 4) is 5.88 Å².